The van der Waals surface area contributed by atoms with E-state index in [4.69, 9.17) is 11.6 Å². The Labute approximate surface area is 179 Å². The summed E-state index contributed by atoms with van der Waals surface area (Å²) in [7, 11) is 0. The third kappa shape index (κ3) is 7.21. The van der Waals surface area contributed by atoms with Crippen molar-refractivity contribution in [1.82, 2.24) is 10.2 Å². The van der Waals surface area contributed by atoms with Crippen LogP contribution in [0.5, 0.6) is 0 Å². The molecule has 2 amide bonds. The molecule has 2 aromatic carbocycles. The van der Waals surface area contributed by atoms with Crippen LogP contribution in [-0.2, 0) is 22.6 Å². The van der Waals surface area contributed by atoms with Gasteiger partial charge in [0.15, 0.2) is 0 Å². The highest BCUT2D eigenvalue weighted by Crippen LogP contribution is 2.21. The fraction of sp³-hybridized carbons (Fsp3) is 0.417. The van der Waals surface area contributed by atoms with Gasteiger partial charge in [-0.25, -0.2) is 0 Å². The molecule has 5 heteroatoms. The lowest BCUT2D eigenvalue weighted by Crippen LogP contribution is -2.53. The van der Waals surface area contributed by atoms with Crippen molar-refractivity contribution in [3.63, 3.8) is 0 Å². The zero-order chi connectivity index (χ0) is 21.4. The van der Waals surface area contributed by atoms with Gasteiger partial charge >= 0.3 is 0 Å². The van der Waals surface area contributed by atoms with Gasteiger partial charge in [-0.2, -0.15) is 0 Å². The lowest BCUT2D eigenvalue weighted by molar-refractivity contribution is -0.142. The van der Waals surface area contributed by atoms with Gasteiger partial charge in [-0.15, -0.1) is 0 Å². The summed E-state index contributed by atoms with van der Waals surface area (Å²) in [6.07, 6.45) is 1.51. The normalized spacial score (nSPS) is 12.3. The van der Waals surface area contributed by atoms with E-state index in [1.54, 1.807) is 11.0 Å². The monoisotopic (exact) mass is 414 g/mol. The smallest absolute Gasteiger partial charge is 0.243 e. The molecule has 2 aromatic rings. The van der Waals surface area contributed by atoms with Crippen LogP contribution in [0.4, 0.5) is 0 Å². The summed E-state index contributed by atoms with van der Waals surface area (Å²) >= 11 is 6.34. The van der Waals surface area contributed by atoms with E-state index in [0.717, 1.165) is 11.1 Å². The molecule has 0 bridgehead atoms. The largest absolute Gasteiger partial charge is 0.350 e. The molecule has 4 nitrogen and oxygen atoms in total. The molecule has 0 aliphatic heterocycles. The number of carbonyl (C=O) groups is 2. The zero-order valence-electron chi connectivity index (χ0n) is 17.7. The Kier molecular flexibility index (Phi) is 8.27. The van der Waals surface area contributed by atoms with Gasteiger partial charge in [-0.3, -0.25) is 9.59 Å². The number of benzene rings is 2. The maximum absolute atomic E-state index is 13.2. The van der Waals surface area contributed by atoms with Crippen molar-refractivity contribution in [2.24, 2.45) is 0 Å². The summed E-state index contributed by atoms with van der Waals surface area (Å²) in [4.78, 5) is 27.8. The zero-order valence-corrected chi connectivity index (χ0v) is 18.5. The number of hydrogen-bond donors (Lipinski definition) is 1. The number of carbonyl (C=O) groups excluding carboxylic acids is 2. The van der Waals surface area contributed by atoms with Gasteiger partial charge in [0.05, 0.1) is 0 Å². The quantitative estimate of drug-likeness (QED) is 0.661. The van der Waals surface area contributed by atoms with Crippen molar-refractivity contribution >= 4 is 23.4 Å². The van der Waals surface area contributed by atoms with Crippen molar-refractivity contribution in [2.45, 2.75) is 65.1 Å². The lowest BCUT2D eigenvalue weighted by atomic mass is 10.0. The highest BCUT2D eigenvalue weighted by molar-refractivity contribution is 6.31. The van der Waals surface area contributed by atoms with Gasteiger partial charge < -0.3 is 10.2 Å². The number of rotatable bonds is 8. The average molecular weight is 415 g/mol. The van der Waals surface area contributed by atoms with Crippen molar-refractivity contribution in [3.05, 3.63) is 70.7 Å². The first kappa shape index (κ1) is 23.0. The summed E-state index contributed by atoms with van der Waals surface area (Å²) in [6, 6.07) is 16.8. The van der Waals surface area contributed by atoms with Crippen LogP contribution in [0.15, 0.2) is 54.6 Å². The Balaban J connectivity index is 2.24. The van der Waals surface area contributed by atoms with Crippen LogP contribution in [0, 0.1) is 0 Å². The number of nitrogens with zero attached hydrogens (tertiary/aromatic N) is 1. The SMILES string of the molecule is CC[C@@H](C(=O)NC(C)(C)C)N(Cc1ccccc1Cl)C(=O)CCc1ccccc1. The van der Waals surface area contributed by atoms with E-state index < -0.39 is 6.04 Å². The third-order valence-corrected chi connectivity index (χ3v) is 5.02. The van der Waals surface area contributed by atoms with E-state index >= 15 is 0 Å². The van der Waals surface area contributed by atoms with Gasteiger partial charge in [0.1, 0.15) is 6.04 Å². The van der Waals surface area contributed by atoms with Crippen molar-refractivity contribution in [1.29, 1.82) is 0 Å². The molecule has 2 rings (SSSR count). The number of hydrogen-bond acceptors (Lipinski definition) is 2. The second-order valence-electron chi connectivity index (χ2n) is 8.26. The van der Waals surface area contributed by atoms with Gasteiger partial charge in [-0.1, -0.05) is 67.1 Å². The molecule has 0 aromatic heterocycles. The predicted octanol–water partition coefficient (Wildman–Crippen LogP) is 4.99. The first-order valence-corrected chi connectivity index (χ1v) is 10.5. The molecular weight excluding hydrogens is 384 g/mol. The lowest BCUT2D eigenvalue weighted by Gasteiger charge is -2.33. The van der Waals surface area contributed by atoms with E-state index in [2.05, 4.69) is 5.32 Å². The number of nitrogens with one attached hydrogen (secondary N) is 1. The van der Waals surface area contributed by atoms with Crippen molar-refractivity contribution in [3.8, 4) is 0 Å². The second-order valence-corrected chi connectivity index (χ2v) is 8.67. The Morgan fingerprint density at radius 2 is 1.66 bits per heavy atom. The van der Waals surface area contributed by atoms with Crippen LogP contribution in [0.3, 0.4) is 0 Å². The molecule has 0 aliphatic rings. The van der Waals surface area contributed by atoms with E-state index in [0.29, 0.717) is 30.8 Å². The first-order valence-electron chi connectivity index (χ1n) is 10.1. The third-order valence-electron chi connectivity index (χ3n) is 4.65. The highest BCUT2D eigenvalue weighted by atomic mass is 35.5. The molecule has 29 heavy (non-hydrogen) atoms. The molecule has 1 N–H and O–H groups in total. The summed E-state index contributed by atoms with van der Waals surface area (Å²) in [5.74, 6) is -0.190. The topological polar surface area (TPSA) is 49.4 Å². The maximum Gasteiger partial charge on any atom is 0.243 e. The molecule has 0 spiro atoms. The highest BCUT2D eigenvalue weighted by Gasteiger charge is 2.30. The number of aryl methyl sites for hydroxylation is 1. The van der Waals surface area contributed by atoms with Gasteiger partial charge in [0.25, 0.3) is 0 Å². The minimum absolute atomic E-state index is 0.0512. The van der Waals surface area contributed by atoms with Gasteiger partial charge in [-0.05, 0) is 50.8 Å². The molecule has 0 unspecified atom stereocenters. The predicted molar refractivity (Wildman–Crippen MR) is 119 cm³/mol. The molecule has 0 aliphatic carbocycles. The van der Waals surface area contributed by atoms with Crippen LogP contribution in [0.25, 0.3) is 0 Å². The molecule has 0 saturated heterocycles. The molecule has 0 saturated carbocycles. The standard InChI is InChI=1S/C24H31ClN2O2/c1-5-21(23(29)26-24(2,3)4)27(17-19-13-9-10-14-20(19)25)22(28)16-15-18-11-7-6-8-12-18/h6-14,21H,5,15-17H2,1-4H3,(H,26,29)/t21-/m0/s1. The Bertz CT molecular complexity index is 815. The Morgan fingerprint density at radius 1 is 1.03 bits per heavy atom. The van der Waals surface area contributed by atoms with Crippen molar-refractivity contribution < 1.29 is 9.59 Å². The minimum Gasteiger partial charge on any atom is -0.350 e. The summed E-state index contributed by atoms with van der Waals surface area (Å²) < 4.78 is 0. The van der Waals surface area contributed by atoms with Crippen LogP contribution in [0.2, 0.25) is 5.02 Å². The van der Waals surface area contributed by atoms with E-state index in [9.17, 15) is 9.59 Å². The summed E-state index contributed by atoms with van der Waals surface area (Å²) in [5, 5.41) is 3.61. The molecule has 1 atom stereocenters. The van der Waals surface area contributed by atoms with Crippen LogP contribution in [-0.4, -0.2) is 28.3 Å². The minimum atomic E-state index is -0.547. The van der Waals surface area contributed by atoms with Gasteiger partial charge in [0, 0.05) is 23.5 Å². The van der Waals surface area contributed by atoms with Crippen LogP contribution < -0.4 is 5.32 Å². The van der Waals surface area contributed by atoms with E-state index in [1.807, 2.05) is 76.2 Å². The molecule has 156 valence electrons. The fourth-order valence-electron chi connectivity index (χ4n) is 3.22. The van der Waals surface area contributed by atoms with E-state index in [1.165, 1.54) is 0 Å². The van der Waals surface area contributed by atoms with Crippen LogP contribution in [0.1, 0.15) is 51.7 Å². The number of halogens is 1. The van der Waals surface area contributed by atoms with Crippen molar-refractivity contribution in [2.75, 3.05) is 0 Å². The maximum atomic E-state index is 13.2. The first-order chi connectivity index (χ1) is 13.7. The number of amides is 2. The summed E-state index contributed by atoms with van der Waals surface area (Å²) in [6.45, 7) is 8.05. The van der Waals surface area contributed by atoms with Gasteiger partial charge in [0.2, 0.25) is 11.8 Å². The molecule has 0 radical (unpaired) electrons. The van der Waals surface area contributed by atoms with E-state index in [-0.39, 0.29) is 17.4 Å². The molecule has 0 heterocycles. The average Bonchev–Trinajstić information content (AvgIpc) is 2.67. The second kappa shape index (κ2) is 10.4. The Morgan fingerprint density at radius 3 is 2.24 bits per heavy atom. The van der Waals surface area contributed by atoms with Crippen LogP contribution >= 0.6 is 11.6 Å². The molecule has 0 fully saturated rings. The fourth-order valence-corrected chi connectivity index (χ4v) is 3.42. The summed E-state index contributed by atoms with van der Waals surface area (Å²) in [5.41, 5.74) is 1.57. The Hall–Kier alpha value is -2.33. The molecular formula is C24H31ClN2O2.